The van der Waals surface area contributed by atoms with Crippen molar-refractivity contribution in [3.63, 3.8) is 0 Å². The Morgan fingerprint density at radius 2 is 2.04 bits per heavy atom. The molecule has 2 aliphatic rings. The molecular weight excluding hydrogens is 358 g/mol. The highest BCUT2D eigenvalue weighted by atomic mass is 79.9. The number of likely N-dealkylation sites (tertiary alicyclic amines) is 1. The van der Waals surface area contributed by atoms with Gasteiger partial charge in [0.15, 0.2) is 0 Å². The number of nitrogens with one attached hydrogen (secondary N) is 1. The summed E-state index contributed by atoms with van der Waals surface area (Å²) in [6.07, 6.45) is 2.67. The van der Waals surface area contributed by atoms with Crippen molar-refractivity contribution in [2.75, 3.05) is 31.6 Å². The molecule has 1 aromatic rings. The second-order valence-electron chi connectivity index (χ2n) is 6.19. The van der Waals surface area contributed by atoms with Gasteiger partial charge in [0, 0.05) is 30.1 Å². The Labute approximate surface area is 145 Å². The normalized spacial score (nSPS) is 25.0. The summed E-state index contributed by atoms with van der Waals surface area (Å²) in [5.74, 6) is -0.615. The van der Waals surface area contributed by atoms with Crippen LogP contribution in [0.25, 0.3) is 0 Å². The number of anilines is 1. The predicted octanol–water partition coefficient (Wildman–Crippen LogP) is 2.01. The van der Waals surface area contributed by atoms with Crippen molar-refractivity contribution >= 4 is 33.4 Å². The third-order valence-corrected chi connectivity index (χ3v) is 5.46. The zero-order chi connectivity index (χ0) is 16.4. The molecule has 0 unspecified atom stereocenters. The zero-order valence-corrected chi connectivity index (χ0v) is 14.9. The van der Waals surface area contributed by atoms with Crippen LogP contribution < -0.4 is 10.2 Å². The molecule has 2 saturated heterocycles. The van der Waals surface area contributed by atoms with Gasteiger partial charge in [-0.25, -0.2) is 0 Å². The summed E-state index contributed by atoms with van der Waals surface area (Å²) >= 11 is 3.49. The van der Waals surface area contributed by atoms with E-state index in [1.165, 1.54) is 0 Å². The lowest BCUT2D eigenvalue weighted by molar-refractivity contribution is -0.140. The molecule has 2 atom stereocenters. The second-order valence-corrected chi connectivity index (χ2v) is 7.05. The Bertz CT molecular complexity index is 607. The molecule has 0 aromatic heterocycles. The molecule has 3 rings (SSSR count). The van der Waals surface area contributed by atoms with E-state index in [1.807, 2.05) is 36.2 Å². The molecule has 0 saturated carbocycles. The molecule has 2 heterocycles. The van der Waals surface area contributed by atoms with Crippen LogP contribution in [0.1, 0.15) is 19.3 Å². The van der Waals surface area contributed by atoms with Crippen molar-refractivity contribution in [3.05, 3.63) is 28.7 Å². The quantitative estimate of drug-likeness (QED) is 0.817. The summed E-state index contributed by atoms with van der Waals surface area (Å²) in [4.78, 5) is 29.1. The molecule has 0 aliphatic carbocycles. The molecule has 5 nitrogen and oxygen atoms in total. The molecule has 1 aromatic carbocycles. The first-order valence-electron chi connectivity index (χ1n) is 8.13. The molecule has 0 bridgehead atoms. The van der Waals surface area contributed by atoms with Gasteiger partial charge in [0.1, 0.15) is 5.92 Å². The van der Waals surface area contributed by atoms with Crippen LogP contribution in [-0.2, 0) is 9.59 Å². The van der Waals surface area contributed by atoms with E-state index in [4.69, 9.17) is 0 Å². The minimum absolute atomic E-state index is 0.00972. The lowest BCUT2D eigenvalue weighted by Crippen LogP contribution is -2.49. The minimum Gasteiger partial charge on any atom is -0.340 e. The average Bonchev–Trinajstić information content (AvgIpc) is 2.96. The van der Waals surface area contributed by atoms with E-state index >= 15 is 0 Å². The van der Waals surface area contributed by atoms with Crippen molar-refractivity contribution in [3.8, 4) is 0 Å². The van der Waals surface area contributed by atoms with Gasteiger partial charge in [0.2, 0.25) is 11.8 Å². The Balaban J connectivity index is 1.71. The van der Waals surface area contributed by atoms with Crippen molar-refractivity contribution in [2.45, 2.75) is 25.3 Å². The molecule has 6 heteroatoms. The highest BCUT2D eigenvalue weighted by Gasteiger charge is 2.40. The fraction of sp³-hybridized carbons (Fsp3) is 0.529. The summed E-state index contributed by atoms with van der Waals surface area (Å²) in [5, 5.41) is 3.24. The number of rotatable bonds is 3. The molecule has 23 heavy (non-hydrogen) atoms. The zero-order valence-electron chi connectivity index (χ0n) is 13.3. The first kappa shape index (κ1) is 16.5. The largest absolute Gasteiger partial charge is 0.340 e. The smallest absolute Gasteiger partial charge is 0.239 e. The number of carbonyl (C=O) groups is 2. The van der Waals surface area contributed by atoms with E-state index in [1.54, 1.807) is 4.90 Å². The molecule has 2 fully saturated rings. The van der Waals surface area contributed by atoms with E-state index in [0.29, 0.717) is 25.6 Å². The van der Waals surface area contributed by atoms with E-state index in [2.05, 4.69) is 21.2 Å². The van der Waals surface area contributed by atoms with Crippen LogP contribution in [0.5, 0.6) is 0 Å². The minimum atomic E-state index is -0.530. The molecule has 0 radical (unpaired) electrons. The maximum absolute atomic E-state index is 12.8. The summed E-state index contributed by atoms with van der Waals surface area (Å²) < 4.78 is 0.884. The summed E-state index contributed by atoms with van der Waals surface area (Å²) in [5.41, 5.74) is 0.847. The van der Waals surface area contributed by atoms with E-state index in [0.717, 1.165) is 29.5 Å². The van der Waals surface area contributed by atoms with Gasteiger partial charge in [0.05, 0.1) is 5.69 Å². The number of para-hydroxylation sites is 1. The molecule has 2 amide bonds. The van der Waals surface area contributed by atoms with Gasteiger partial charge in [0.25, 0.3) is 0 Å². The molecule has 2 aliphatic heterocycles. The van der Waals surface area contributed by atoms with Crippen molar-refractivity contribution in [1.29, 1.82) is 0 Å². The van der Waals surface area contributed by atoms with Crippen LogP contribution in [0.15, 0.2) is 28.7 Å². The van der Waals surface area contributed by atoms with E-state index in [-0.39, 0.29) is 11.8 Å². The third kappa shape index (κ3) is 3.28. The van der Waals surface area contributed by atoms with Gasteiger partial charge in [-0.15, -0.1) is 0 Å². The summed E-state index contributed by atoms with van der Waals surface area (Å²) in [6, 6.07) is 7.99. The lowest BCUT2D eigenvalue weighted by atomic mass is 10.0. The van der Waals surface area contributed by atoms with Crippen LogP contribution in [0, 0.1) is 5.92 Å². The van der Waals surface area contributed by atoms with Gasteiger partial charge in [-0.1, -0.05) is 12.1 Å². The van der Waals surface area contributed by atoms with Crippen LogP contribution in [0.4, 0.5) is 5.69 Å². The maximum atomic E-state index is 12.8. The van der Waals surface area contributed by atoms with Crippen LogP contribution in [-0.4, -0.2) is 49.4 Å². The average molecular weight is 380 g/mol. The highest BCUT2D eigenvalue weighted by Crippen LogP contribution is 2.32. The standard InChI is InChI=1S/C17H22BrN3O2/c1-19-12-5-4-9-20(11-12)16(22)13-8-10-21(17(13)23)15-7-3-2-6-14(15)18/h2-3,6-7,12-13,19H,4-5,8-11H2,1H3/t12-,13-/m0/s1. The Morgan fingerprint density at radius 3 is 2.78 bits per heavy atom. The van der Waals surface area contributed by atoms with Gasteiger partial charge < -0.3 is 15.1 Å². The number of benzene rings is 1. The lowest BCUT2D eigenvalue weighted by Gasteiger charge is -2.33. The van der Waals surface area contributed by atoms with Crippen LogP contribution in [0.3, 0.4) is 0 Å². The SMILES string of the molecule is CN[C@H]1CCCN(C(=O)[C@@H]2CCN(c3ccccc3Br)C2=O)C1. The van der Waals surface area contributed by atoms with Gasteiger partial charge in [-0.3, -0.25) is 9.59 Å². The van der Waals surface area contributed by atoms with Gasteiger partial charge >= 0.3 is 0 Å². The number of hydrogen-bond donors (Lipinski definition) is 1. The maximum Gasteiger partial charge on any atom is 0.239 e. The van der Waals surface area contributed by atoms with Gasteiger partial charge in [-0.05, 0) is 54.4 Å². The number of nitrogens with zero attached hydrogens (tertiary/aromatic N) is 2. The number of hydrogen-bond acceptors (Lipinski definition) is 3. The topological polar surface area (TPSA) is 52.7 Å². The molecular formula is C17H22BrN3O2. The number of piperidine rings is 1. The number of likely N-dealkylation sites (N-methyl/N-ethyl adjacent to an activating group) is 1. The summed E-state index contributed by atoms with van der Waals surface area (Å²) in [7, 11) is 1.92. The number of amides is 2. The Morgan fingerprint density at radius 1 is 1.26 bits per heavy atom. The number of halogens is 1. The molecule has 0 spiro atoms. The van der Waals surface area contributed by atoms with E-state index in [9.17, 15) is 9.59 Å². The monoisotopic (exact) mass is 379 g/mol. The Kier molecular flexibility index (Phi) is 5.02. The van der Waals surface area contributed by atoms with Crippen LogP contribution >= 0.6 is 15.9 Å². The first-order chi connectivity index (χ1) is 11.1. The molecule has 1 N–H and O–H groups in total. The fourth-order valence-corrected chi connectivity index (χ4v) is 3.95. The Hall–Kier alpha value is -1.40. The predicted molar refractivity (Wildman–Crippen MR) is 93.3 cm³/mol. The van der Waals surface area contributed by atoms with Crippen molar-refractivity contribution in [1.82, 2.24) is 10.2 Å². The third-order valence-electron chi connectivity index (χ3n) is 4.79. The van der Waals surface area contributed by atoms with E-state index < -0.39 is 5.92 Å². The fourth-order valence-electron chi connectivity index (χ4n) is 3.45. The highest BCUT2D eigenvalue weighted by molar-refractivity contribution is 9.10. The van der Waals surface area contributed by atoms with Crippen LogP contribution in [0.2, 0.25) is 0 Å². The number of carbonyl (C=O) groups excluding carboxylic acids is 2. The van der Waals surface area contributed by atoms with Crippen molar-refractivity contribution in [2.24, 2.45) is 5.92 Å². The molecule has 124 valence electrons. The summed E-state index contributed by atoms with van der Waals surface area (Å²) in [6.45, 7) is 2.06. The van der Waals surface area contributed by atoms with Gasteiger partial charge in [-0.2, -0.15) is 0 Å². The second kappa shape index (κ2) is 7.01. The van der Waals surface area contributed by atoms with Crippen molar-refractivity contribution < 1.29 is 9.59 Å². The first-order valence-corrected chi connectivity index (χ1v) is 8.93.